The van der Waals surface area contributed by atoms with Crippen molar-refractivity contribution in [2.45, 2.75) is 5.75 Å². The van der Waals surface area contributed by atoms with Crippen LogP contribution in [-0.4, -0.2) is 19.0 Å². The minimum absolute atomic E-state index is 0.100. The molecule has 0 aliphatic carbocycles. The molecule has 1 unspecified atom stereocenters. The van der Waals surface area contributed by atoms with Gasteiger partial charge in [0, 0.05) is 11.1 Å². The Morgan fingerprint density at radius 1 is 1.00 bits per heavy atom. The van der Waals surface area contributed by atoms with Crippen LogP contribution in [0.4, 0.5) is 0 Å². The van der Waals surface area contributed by atoms with Crippen molar-refractivity contribution in [1.29, 1.82) is 0 Å². The monoisotopic (exact) mass is 398 g/mol. The Bertz CT molecular complexity index is 965. The third-order valence-electron chi connectivity index (χ3n) is 3.52. The van der Waals surface area contributed by atoms with Gasteiger partial charge < -0.3 is 4.55 Å². The summed E-state index contributed by atoms with van der Waals surface area (Å²) in [6.45, 7) is 0. The first-order valence-corrected chi connectivity index (χ1v) is 9.32. The second-order valence-electron chi connectivity index (χ2n) is 5.12. The molecule has 0 saturated carbocycles. The van der Waals surface area contributed by atoms with Gasteiger partial charge in [0.1, 0.15) is 4.64 Å². The Hall–Kier alpha value is -1.44. The molecule has 3 rings (SSSR count). The molecule has 3 aromatic rings. The molecule has 8 heteroatoms. The topological polar surface area (TPSA) is 68.9 Å². The fourth-order valence-electron chi connectivity index (χ4n) is 2.41. The van der Waals surface area contributed by atoms with E-state index in [1.165, 1.54) is 0 Å². The summed E-state index contributed by atoms with van der Waals surface area (Å²) in [5.41, 5.74) is 4.17. The lowest BCUT2D eigenvalue weighted by atomic mass is 10.0. The summed E-state index contributed by atoms with van der Waals surface area (Å²) in [5, 5.41) is 6.94. The first kappa shape index (κ1) is 17.4. The first-order valence-electron chi connectivity index (χ1n) is 6.88. The van der Waals surface area contributed by atoms with Crippen LogP contribution in [-0.2, 0) is 16.8 Å². The van der Waals surface area contributed by atoms with Crippen molar-refractivity contribution < 1.29 is 8.76 Å². The van der Waals surface area contributed by atoms with Gasteiger partial charge in [-0.2, -0.15) is 0 Å². The highest BCUT2D eigenvalue weighted by Crippen LogP contribution is 2.34. The summed E-state index contributed by atoms with van der Waals surface area (Å²) in [5.74, 6) is 0.100. The summed E-state index contributed by atoms with van der Waals surface area (Å²) >= 11 is 15.6. The second-order valence-corrected chi connectivity index (χ2v) is 7.28. The van der Waals surface area contributed by atoms with E-state index in [0.717, 1.165) is 27.9 Å². The smallest absolute Gasteiger partial charge is 0.157 e. The molecule has 124 valence electrons. The van der Waals surface area contributed by atoms with Crippen LogP contribution in [0.5, 0.6) is 0 Å². The highest BCUT2D eigenvalue weighted by atomic mass is 35.5. The molecule has 0 saturated heterocycles. The highest BCUT2D eigenvalue weighted by Gasteiger charge is 2.13. The lowest BCUT2D eigenvalue weighted by Crippen LogP contribution is -1.92. The maximum absolute atomic E-state index is 10.9. The molecule has 0 fully saturated rings. The Labute approximate surface area is 156 Å². The number of benzene rings is 2. The van der Waals surface area contributed by atoms with Crippen molar-refractivity contribution in [2.24, 2.45) is 0 Å². The summed E-state index contributed by atoms with van der Waals surface area (Å²) in [6.07, 6.45) is 0. The van der Waals surface area contributed by atoms with Gasteiger partial charge in [-0.05, 0) is 23.3 Å². The molecule has 24 heavy (non-hydrogen) atoms. The molecular weight excluding hydrogens is 387 g/mol. The number of halogens is 2. The van der Waals surface area contributed by atoms with Crippen LogP contribution in [0.2, 0.25) is 10.0 Å². The Morgan fingerprint density at radius 2 is 1.67 bits per heavy atom. The molecule has 0 amide bonds. The van der Waals surface area contributed by atoms with Crippen molar-refractivity contribution >= 4 is 46.5 Å². The molecule has 1 atom stereocenters. The molecule has 0 aliphatic rings. The van der Waals surface area contributed by atoms with Crippen LogP contribution >= 0.6 is 35.4 Å². The van der Waals surface area contributed by atoms with Gasteiger partial charge >= 0.3 is 0 Å². The summed E-state index contributed by atoms with van der Waals surface area (Å²) < 4.78 is 20.4. The molecule has 0 aliphatic heterocycles. The first-order chi connectivity index (χ1) is 11.5. The van der Waals surface area contributed by atoms with E-state index in [0.29, 0.717) is 14.7 Å². The van der Waals surface area contributed by atoms with Gasteiger partial charge in [-0.15, -0.1) is 0 Å². The van der Waals surface area contributed by atoms with Gasteiger partial charge in [-0.25, -0.2) is 4.21 Å². The van der Waals surface area contributed by atoms with Crippen LogP contribution in [0.1, 0.15) is 5.56 Å². The van der Waals surface area contributed by atoms with Crippen molar-refractivity contribution in [3.05, 3.63) is 62.7 Å². The van der Waals surface area contributed by atoms with Crippen LogP contribution in [0.3, 0.4) is 0 Å². The highest BCUT2D eigenvalue weighted by molar-refractivity contribution is 7.78. The Balaban J connectivity index is 2.05. The fourth-order valence-corrected chi connectivity index (χ4v) is 3.46. The van der Waals surface area contributed by atoms with E-state index in [1.54, 1.807) is 12.1 Å². The molecule has 1 aromatic heterocycles. The molecule has 0 spiro atoms. The number of aromatic nitrogens is 2. The van der Waals surface area contributed by atoms with Crippen LogP contribution in [0.25, 0.3) is 22.4 Å². The van der Waals surface area contributed by atoms with Crippen molar-refractivity contribution in [3.8, 4) is 22.4 Å². The zero-order valence-electron chi connectivity index (χ0n) is 12.2. The molecule has 0 bridgehead atoms. The minimum Gasteiger partial charge on any atom is -0.306 e. The van der Waals surface area contributed by atoms with E-state index in [4.69, 9.17) is 40.0 Å². The van der Waals surface area contributed by atoms with Gasteiger partial charge in [0.15, 0.2) is 11.1 Å². The van der Waals surface area contributed by atoms with E-state index in [-0.39, 0.29) is 5.75 Å². The maximum Gasteiger partial charge on any atom is 0.157 e. The summed E-state index contributed by atoms with van der Waals surface area (Å²) in [6, 6.07) is 12.7. The number of hydrogen-bond donors (Lipinski definition) is 3. The third kappa shape index (κ3) is 3.63. The lowest BCUT2D eigenvalue weighted by molar-refractivity contribution is 0.563. The average molecular weight is 399 g/mol. The summed E-state index contributed by atoms with van der Waals surface area (Å²) in [4.78, 5) is 0. The normalized spacial score (nSPS) is 12.3. The van der Waals surface area contributed by atoms with Crippen molar-refractivity contribution in [2.75, 3.05) is 0 Å². The fraction of sp³-hybridized carbons (Fsp3) is 0.0625. The zero-order valence-corrected chi connectivity index (χ0v) is 15.3. The predicted octanol–water partition coefficient (Wildman–Crippen LogP) is 5.43. The van der Waals surface area contributed by atoms with Crippen molar-refractivity contribution in [3.63, 3.8) is 0 Å². The molecule has 0 radical (unpaired) electrons. The van der Waals surface area contributed by atoms with Crippen LogP contribution in [0.15, 0.2) is 42.5 Å². The van der Waals surface area contributed by atoms with Gasteiger partial charge in [0.05, 0.1) is 21.5 Å². The zero-order chi connectivity index (χ0) is 17.3. The van der Waals surface area contributed by atoms with Gasteiger partial charge in [-0.3, -0.25) is 10.2 Å². The number of nitrogens with one attached hydrogen (secondary N) is 2. The maximum atomic E-state index is 10.9. The van der Waals surface area contributed by atoms with Gasteiger partial charge in [0.25, 0.3) is 0 Å². The van der Waals surface area contributed by atoms with Gasteiger partial charge in [0.2, 0.25) is 0 Å². The molecule has 1 heterocycles. The van der Waals surface area contributed by atoms with Crippen LogP contribution < -0.4 is 0 Å². The Kier molecular flexibility index (Phi) is 5.22. The third-order valence-corrected chi connectivity index (χ3v) is 5.14. The number of H-pyrrole nitrogens is 2. The van der Waals surface area contributed by atoms with E-state index in [2.05, 4.69) is 10.2 Å². The number of aromatic amines is 2. The predicted molar refractivity (Wildman–Crippen MR) is 101 cm³/mol. The van der Waals surface area contributed by atoms with E-state index >= 15 is 0 Å². The molecular formula is C16H12Cl2N2O2S2. The van der Waals surface area contributed by atoms with Crippen molar-refractivity contribution in [1.82, 2.24) is 10.2 Å². The van der Waals surface area contributed by atoms with E-state index < -0.39 is 11.1 Å². The quantitative estimate of drug-likeness (QED) is 0.405. The van der Waals surface area contributed by atoms with Gasteiger partial charge in [-0.1, -0.05) is 65.8 Å². The minimum atomic E-state index is -1.86. The van der Waals surface area contributed by atoms with E-state index in [9.17, 15) is 4.21 Å². The van der Waals surface area contributed by atoms with E-state index in [1.807, 2.05) is 30.3 Å². The molecule has 3 N–H and O–H groups in total. The Morgan fingerprint density at radius 3 is 2.29 bits per heavy atom. The number of rotatable bonds is 4. The average Bonchev–Trinajstić information content (AvgIpc) is 2.92. The lowest BCUT2D eigenvalue weighted by Gasteiger charge is -2.06. The van der Waals surface area contributed by atoms with Crippen LogP contribution in [0, 0.1) is 4.64 Å². The SMILES string of the molecule is O=S(O)Cc1ccc(-c2[nH][nH]c(=S)c2-c2ccc(Cl)c(Cl)c2)cc1. The standard InChI is InChI=1S/C16H12Cl2N2O2S2/c17-12-6-5-11(7-13(12)18)14-15(19-20-16(14)23)10-3-1-9(2-4-10)8-24(21)22/h1-7H,8H2,(H,21,22)(H2,19,20,23). The largest absolute Gasteiger partial charge is 0.306 e. The summed E-state index contributed by atoms with van der Waals surface area (Å²) in [7, 11) is 0. The number of hydrogen-bond acceptors (Lipinski definition) is 2. The molecule has 4 nitrogen and oxygen atoms in total. The molecule has 2 aromatic carbocycles. The second kappa shape index (κ2) is 7.21.